The summed E-state index contributed by atoms with van der Waals surface area (Å²) in [6.07, 6.45) is 1.74. The van der Waals surface area contributed by atoms with E-state index in [1.165, 1.54) is 0 Å². The molecule has 0 aliphatic rings. The summed E-state index contributed by atoms with van der Waals surface area (Å²) >= 11 is 0. The van der Waals surface area contributed by atoms with Gasteiger partial charge in [-0.15, -0.1) is 0 Å². The molecule has 1 unspecified atom stereocenters. The zero-order valence-corrected chi connectivity index (χ0v) is 8.22. The number of rotatable bonds is 1. The fraction of sp³-hybridized carbons (Fsp3) is 0.600. The minimum absolute atomic E-state index is 0.0509. The van der Waals surface area contributed by atoms with Gasteiger partial charge in [-0.05, 0) is 18.4 Å². The van der Waals surface area contributed by atoms with Crippen LogP contribution in [0.1, 0.15) is 38.1 Å². The van der Waals surface area contributed by atoms with Crippen LogP contribution in [0.4, 0.5) is 0 Å². The van der Waals surface area contributed by atoms with Crippen molar-refractivity contribution < 1.29 is 4.42 Å². The Morgan fingerprint density at radius 2 is 2.00 bits per heavy atom. The van der Waals surface area contributed by atoms with Gasteiger partial charge in [0.15, 0.2) is 0 Å². The molecule has 0 aliphatic heterocycles. The zero-order chi connectivity index (χ0) is 9.35. The Kier molecular flexibility index (Phi) is 2.29. The number of hydrogen-bond acceptors (Lipinski definition) is 2. The van der Waals surface area contributed by atoms with Crippen molar-refractivity contribution in [2.75, 3.05) is 0 Å². The Bertz CT molecular complexity index is 257. The fourth-order valence-electron chi connectivity index (χ4n) is 1.13. The largest absolute Gasteiger partial charge is 0.469 e. The molecule has 0 fully saturated rings. The molecule has 0 saturated carbocycles. The topological polar surface area (TPSA) is 39.2 Å². The van der Waals surface area contributed by atoms with E-state index in [9.17, 15) is 0 Å². The fourth-order valence-corrected chi connectivity index (χ4v) is 1.13. The quantitative estimate of drug-likeness (QED) is 0.698. The first-order chi connectivity index (χ1) is 5.41. The normalized spacial score (nSPS) is 14.8. The van der Waals surface area contributed by atoms with Crippen LogP contribution < -0.4 is 5.73 Å². The van der Waals surface area contributed by atoms with Gasteiger partial charge in [0.25, 0.3) is 0 Å². The van der Waals surface area contributed by atoms with Gasteiger partial charge in [-0.1, -0.05) is 20.8 Å². The summed E-state index contributed by atoms with van der Waals surface area (Å²) in [5.41, 5.74) is 7.20. The Morgan fingerprint density at radius 1 is 1.42 bits per heavy atom. The standard InChI is InChI=1S/C10H17NO/c1-7-5-8(6-12-7)9(11)10(2,3)4/h5-6,9H,11H2,1-4H3. The molecule has 1 atom stereocenters. The van der Waals surface area contributed by atoms with Gasteiger partial charge < -0.3 is 10.2 Å². The lowest BCUT2D eigenvalue weighted by Crippen LogP contribution is -2.25. The number of furan rings is 1. The molecular weight excluding hydrogens is 150 g/mol. The molecule has 68 valence electrons. The number of hydrogen-bond donors (Lipinski definition) is 1. The molecule has 2 N–H and O–H groups in total. The van der Waals surface area contributed by atoms with E-state index < -0.39 is 0 Å². The van der Waals surface area contributed by atoms with Gasteiger partial charge in [-0.2, -0.15) is 0 Å². The van der Waals surface area contributed by atoms with Crippen LogP contribution >= 0.6 is 0 Å². The molecule has 0 bridgehead atoms. The van der Waals surface area contributed by atoms with Gasteiger partial charge in [0.2, 0.25) is 0 Å². The number of nitrogens with two attached hydrogens (primary N) is 1. The lowest BCUT2D eigenvalue weighted by atomic mass is 9.84. The molecule has 0 radical (unpaired) electrons. The predicted molar refractivity (Wildman–Crippen MR) is 49.8 cm³/mol. The van der Waals surface area contributed by atoms with Crippen molar-refractivity contribution >= 4 is 0 Å². The van der Waals surface area contributed by atoms with Crippen LogP contribution in [-0.2, 0) is 0 Å². The summed E-state index contributed by atoms with van der Waals surface area (Å²) in [6, 6.07) is 2.05. The van der Waals surface area contributed by atoms with Crippen molar-refractivity contribution in [1.29, 1.82) is 0 Å². The van der Waals surface area contributed by atoms with E-state index in [4.69, 9.17) is 10.2 Å². The van der Waals surface area contributed by atoms with E-state index in [0.29, 0.717) is 0 Å². The van der Waals surface area contributed by atoms with Crippen molar-refractivity contribution in [2.24, 2.45) is 11.1 Å². The van der Waals surface area contributed by atoms with Crippen molar-refractivity contribution in [3.8, 4) is 0 Å². The van der Waals surface area contributed by atoms with E-state index in [2.05, 4.69) is 20.8 Å². The summed E-state index contributed by atoms with van der Waals surface area (Å²) < 4.78 is 5.20. The molecule has 2 heteroatoms. The van der Waals surface area contributed by atoms with Crippen molar-refractivity contribution in [1.82, 2.24) is 0 Å². The number of aryl methyl sites for hydroxylation is 1. The van der Waals surface area contributed by atoms with Gasteiger partial charge in [0.1, 0.15) is 5.76 Å². The molecule has 0 saturated heterocycles. The highest BCUT2D eigenvalue weighted by Gasteiger charge is 2.23. The minimum Gasteiger partial charge on any atom is -0.469 e. The Hall–Kier alpha value is -0.760. The Labute approximate surface area is 73.8 Å². The second-order valence-corrected chi connectivity index (χ2v) is 4.33. The first kappa shape index (κ1) is 9.33. The third-order valence-electron chi connectivity index (χ3n) is 2.04. The van der Waals surface area contributed by atoms with Crippen LogP contribution in [0.2, 0.25) is 0 Å². The molecule has 2 nitrogen and oxygen atoms in total. The molecule has 1 aromatic rings. The second-order valence-electron chi connectivity index (χ2n) is 4.33. The Balaban J connectivity index is 2.85. The van der Waals surface area contributed by atoms with Crippen LogP contribution in [0.3, 0.4) is 0 Å². The van der Waals surface area contributed by atoms with Crippen LogP contribution in [0.15, 0.2) is 16.7 Å². The van der Waals surface area contributed by atoms with E-state index >= 15 is 0 Å². The maximum Gasteiger partial charge on any atom is 0.101 e. The van der Waals surface area contributed by atoms with Gasteiger partial charge >= 0.3 is 0 Å². The molecular formula is C10H17NO. The minimum atomic E-state index is 0.0509. The summed E-state index contributed by atoms with van der Waals surface area (Å²) in [5, 5.41) is 0. The van der Waals surface area contributed by atoms with Gasteiger partial charge in [0, 0.05) is 11.6 Å². The van der Waals surface area contributed by atoms with Crippen LogP contribution in [-0.4, -0.2) is 0 Å². The average Bonchev–Trinajstić information content (AvgIpc) is 2.32. The highest BCUT2D eigenvalue weighted by molar-refractivity contribution is 5.17. The monoisotopic (exact) mass is 167 g/mol. The predicted octanol–water partition coefficient (Wildman–Crippen LogP) is 2.63. The van der Waals surface area contributed by atoms with Crippen molar-refractivity contribution in [3.05, 3.63) is 23.7 Å². The van der Waals surface area contributed by atoms with E-state index in [-0.39, 0.29) is 11.5 Å². The van der Waals surface area contributed by atoms with E-state index in [0.717, 1.165) is 11.3 Å². The summed E-state index contributed by atoms with van der Waals surface area (Å²) in [7, 11) is 0. The molecule has 0 aliphatic carbocycles. The smallest absolute Gasteiger partial charge is 0.101 e. The maximum absolute atomic E-state index is 6.03. The van der Waals surface area contributed by atoms with Crippen molar-refractivity contribution in [2.45, 2.75) is 33.7 Å². The molecule has 1 heterocycles. The highest BCUT2D eigenvalue weighted by atomic mass is 16.3. The van der Waals surface area contributed by atoms with Gasteiger partial charge in [-0.25, -0.2) is 0 Å². The highest BCUT2D eigenvalue weighted by Crippen LogP contribution is 2.30. The Morgan fingerprint density at radius 3 is 2.33 bits per heavy atom. The third-order valence-corrected chi connectivity index (χ3v) is 2.04. The summed E-state index contributed by atoms with van der Waals surface area (Å²) in [6.45, 7) is 8.30. The third kappa shape index (κ3) is 1.89. The molecule has 12 heavy (non-hydrogen) atoms. The molecule has 0 spiro atoms. The molecule has 0 aromatic carbocycles. The molecule has 1 aromatic heterocycles. The maximum atomic E-state index is 6.03. The lowest BCUT2D eigenvalue weighted by Gasteiger charge is -2.25. The summed E-state index contributed by atoms with van der Waals surface area (Å²) in [5.74, 6) is 0.921. The average molecular weight is 167 g/mol. The lowest BCUT2D eigenvalue weighted by molar-refractivity contribution is 0.325. The summed E-state index contributed by atoms with van der Waals surface area (Å²) in [4.78, 5) is 0. The van der Waals surface area contributed by atoms with Crippen LogP contribution in [0.25, 0.3) is 0 Å². The zero-order valence-electron chi connectivity index (χ0n) is 8.22. The van der Waals surface area contributed by atoms with E-state index in [1.807, 2.05) is 13.0 Å². The van der Waals surface area contributed by atoms with Gasteiger partial charge in [-0.3, -0.25) is 0 Å². The van der Waals surface area contributed by atoms with Crippen molar-refractivity contribution in [3.63, 3.8) is 0 Å². The first-order valence-electron chi connectivity index (χ1n) is 4.22. The molecule has 1 rings (SSSR count). The van der Waals surface area contributed by atoms with Crippen LogP contribution in [0, 0.1) is 12.3 Å². The second kappa shape index (κ2) is 2.94. The van der Waals surface area contributed by atoms with E-state index in [1.54, 1.807) is 6.26 Å². The van der Waals surface area contributed by atoms with Gasteiger partial charge in [0.05, 0.1) is 6.26 Å². The van der Waals surface area contributed by atoms with Crippen LogP contribution in [0.5, 0.6) is 0 Å². The first-order valence-corrected chi connectivity index (χ1v) is 4.22. The molecule has 0 amide bonds. The SMILES string of the molecule is Cc1cc(C(N)C(C)(C)C)co1.